The first-order chi connectivity index (χ1) is 21.1. The van der Waals surface area contributed by atoms with Crippen molar-refractivity contribution < 1.29 is 9.53 Å². The lowest BCUT2D eigenvalue weighted by atomic mass is 10.1. The molecule has 0 saturated heterocycles. The largest absolute Gasteiger partial charge is 0.489 e. The molecule has 2 aromatic heterocycles. The number of anilines is 3. The number of carbonyl (C=O) groups is 1. The average molecular weight is 650 g/mol. The number of halogens is 2. The van der Waals surface area contributed by atoms with Gasteiger partial charge in [-0.25, -0.2) is 4.79 Å². The van der Waals surface area contributed by atoms with Gasteiger partial charge in [-0.3, -0.25) is 19.3 Å². The Labute approximate surface area is 269 Å². The van der Waals surface area contributed by atoms with E-state index in [0.717, 1.165) is 22.9 Å². The second-order valence-electron chi connectivity index (χ2n) is 10.3. The second kappa shape index (κ2) is 13.1. The molecule has 0 aliphatic carbocycles. The van der Waals surface area contributed by atoms with Crippen LogP contribution >= 0.6 is 34.5 Å². The molecular formula is C32H30Cl2N6O3S. The van der Waals surface area contributed by atoms with E-state index in [1.54, 1.807) is 47.2 Å². The molecule has 0 radical (unpaired) electrons. The van der Waals surface area contributed by atoms with Gasteiger partial charge in [0.1, 0.15) is 29.0 Å². The summed E-state index contributed by atoms with van der Waals surface area (Å²) in [6, 6.07) is 19.9. The van der Waals surface area contributed by atoms with Gasteiger partial charge in [0.2, 0.25) is 6.41 Å². The molecule has 2 heterocycles. The number of aliphatic imine (C=N–C) groups is 1. The molecule has 5 aromatic rings. The third kappa shape index (κ3) is 6.28. The van der Waals surface area contributed by atoms with Crippen LogP contribution in [0.1, 0.15) is 11.1 Å². The minimum absolute atomic E-state index is 0.244. The van der Waals surface area contributed by atoms with Gasteiger partial charge in [0.25, 0.3) is 0 Å². The van der Waals surface area contributed by atoms with Crippen LogP contribution in [0.3, 0.4) is 0 Å². The first-order valence-corrected chi connectivity index (χ1v) is 15.1. The Morgan fingerprint density at radius 2 is 1.77 bits per heavy atom. The first kappa shape index (κ1) is 31.1. The molecular weight excluding hydrogens is 619 g/mol. The molecule has 44 heavy (non-hydrogen) atoms. The number of benzene rings is 3. The SMILES string of the molecule is CN=C(c1ccc(Cl)cc1N(C=O)c1cc(COc2cccc(-n3c(=O)nc(N(C)C)c4ccc(Cl)cc43)c2)cs1)N(C)C. The second-order valence-corrected chi connectivity index (χ2v) is 12.0. The van der Waals surface area contributed by atoms with Gasteiger partial charge in [-0.2, -0.15) is 4.98 Å². The molecule has 1 amide bonds. The van der Waals surface area contributed by atoms with Crippen LogP contribution in [-0.2, 0) is 11.4 Å². The lowest BCUT2D eigenvalue weighted by molar-refractivity contribution is -0.106. The topological polar surface area (TPSA) is 83.3 Å². The van der Waals surface area contributed by atoms with Gasteiger partial charge in [-0.15, -0.1) is 11.3 Å². The molecule has 9 nitrogen and oxygen atoms in total. The van der Waals surface area contributed by atoms with Gasteiger partial charge in [0.05, 0.1) is 16.9 Å². The number of fused-ring (bicyclic) bond motifs is 1. The van der Waals surface area contributed by atoms with E-state index >= 15 is 0 Å². The zero-order chi connectivity index (χ0) is 31.5. The molecule has 0 fully saturated rings. The van der Waals surface area contributed by atoms with Crippen LogP contribution in [0, 0.1) is 0 Å². The third-order valence-electron chi connectivity index (χ3n) is 6.82. The molecule has 0 N–H and O–H groups in total. The van der Waals surface area contributed by atoms with Crippen LogP contribution in [0.5, 0.6) is 5.75 Å². The van der Waals surface area contributed by atoms with Crippen LogP contribution in [0.2, 0.25) is 10.0 Å². The fourth-order valence-corrected chi connectivity index (χ4v) is 6.11. The highest BCUT2D eigenvalue weighted by molar-refractivity contribution is 7.14. The fourth-order valence-electron chi connectivity index (χ4n) is 4.90. The highest BCUT2D eigenvalue weighted by Crippen LogP contribution is 2.35. The van der Waals surface area contributed by atoms with Crippen molar-refractivity contribution in [1.82, 2.24) is 14.5 Å². The number of rotatable bonds is 9. The standard InChI is InChI=1S/C32H30Cl2N6O3S/c1-35-30(37(2)3)25-11-9-21(33)14-27(25)39(19-41)29-13-20(18-44-29)17-43-24-8-6-7-23(16-24)40-28-15-22(34)10-12-26(28)31(38(4)5)36-32(40)42/h6-16,18-19H,17H2,1-5H3. The van der Waals surface area contributed by atoms with Gasteiger partial charge >= 0.3 is 5.69 Å². The summed E-state index contributed by atoms with van der Waals surface area (Å²) in [5.41, 5.74) is 3.07. The van der Waals surface area contributed by atoms with E-state index in [4.69, 9.17) is 27.9 Å². The summed E-state index contributed by atoms with van der Waals surface area (Å²) in [6.07, 6.45) is 0.766. The van der Waals surface area contributed by atoms with Gasteiger partial charge in [0.15, 0.2) is 0 Å². The molecule has 0 spiro atoms. The number of aromatic nitrogens is 2. The van der Waals surface area contributed by atoms with E-state index < -0.39 is 5.69 Å². The van der Waals surface area contributed by atoms with Gasteiger partial charge in [-0.05, 0) is 60.0 Å². The monoisotopic (exact) mass is 648 g/mol. The van der Waals surface area contributed by atoms with E-state index in [0.29, 0.717) is 49.3 Å². The molecule has 3 aromatic carbocycles. The number of ether oxygens (including phenoxy) is 1. The number of nitrogens with zero attached hydrogens (tertiary/aromatic N) is 6. The number of hydrogen-bond donors (Lipinski definition) is 0. The molecule has 0 saturated carbocycles. The fraction of sp³-hybridized carbons (Fsp3) is 0.188. The molecule has 5 rings (SSSR count). The van der Waals surface area contributed by atoms with E-state index in [1.807, 2.05) is 74.9 Å². The first-order valence-electron chi connectivity index (χ1n) is 13.5. The van der Waals surface area contributed by atoms with Crippen LogP contribution in [0.25, 0.3) is 16.6 Å². The predicted molar refractivity (Wildman–Crippen MR) is 181 cm³/mol. The Morgan fingerprint density at radius 3 is 2.48 bits per heavy atom. The number of amides is 1. The van der Waals surface area contributed by atoms with E-state index in [-0.39, 0.29) is 6.61 Å². The number of hydrogen-bond acceptors (Lipinski definition) is 7. The zero-order valence-electron chi connectivity index (χ0n) is 24.8. The Balaban J connectivity index is 1.42. The van der Waals surface area contributed by atoms with Crippen LogP contribution in [0.4, 0.5) is 16.5 Å². The summed E-state index contributed by atoms with van der Waals surface area (Å²) in [4.78, 5) is 39.5. The summed E-state index contributed by atoms with van der Waals surface area (Å²) in [6.45, 7) is 0.244. The summed E-state index contributed by atoms with van der Waals surface area (Å²) >= 11 is 14.1. The lowest BCUT2D eigenvalue weighted by Gasteiger charge is -2.23. The number of amidine groups is 1. The van der Waals surface area contributed by atoms with E-state index in [2.05, 4.69) is 9.98 Å². The maximum Gasteiger partial charge on any atom is 0.354 e. The summed E-state index contributed by atoms with van der Waals surface area (Å²) < 4.78 is 7.66. The number of carbonyl (C=O) groups excluding carboxylic acids is 1. The van der Waals surface area contributed by atoms with Crippen LogP contribution < -0.4 is 20.2 Å². The molecule has 12 heteroatoms. The van der Waals surface area contributed by atoms with Gasteiger partial charge in [0, 0.05) is 67.9 Å². The highest BCUT2D eigenvalue weighted by Gasteiger charge is 2.20. The van der Waals surface area contributed by atoms with Gasteiger partial charge < -0.3 is 14.5 Å². The lowest BCUT2D eigenvalue weighted by Crippen LogP contribution is -2.26. The molecule has 0 unspecified atom stereocenters. The predicted octanol–water partition coefficient (Wildman–Crippen LogP) is 6.63. The Hall–Kier alpha value is -4.38. The van der Waals surface area contributed by atoms with Crippen molar-refractivity contribution in [1.29, 1.82) is 0 Å². The van der Waals surface area contributed by atoms with Crippen molar-refractivity contribution in [2.24, 2.45) is 4.99 Å². The molecule has 0 atom stereocenters. The smallest absolute Gasteiger partial charge is 0.354 e. The van der Waals surface area contributed by atoms with E-state index in [9.17, 15) is 9.59 Å². The average Bonchev–Trinajstić information content (AvgIpc) is 3.46. The quantitative estimate of drug-likeness (QED) is 0.101. The number of thiophene rings is 1. The summed E-state index contributed by atoms with van der Waals surface area (Å²) in [7, 11) is 9.17. The minimum Gasteiger partial charge on any atom is -0.489 e. The van der Waals surface area contributed by atoms with Crippen molar-refractivity contribution >= 4 is 74.2 Å². The molecule has 0 bridgehead atoms. The summed E-state index contributed by atoms with van der Waals surface area (Å²) in [5.74, 6) is 1.84. The van der Waals surface area contributed by atoms with Crippen molar-refractivity contribution in [3.8, 4) is 11.4 Å². The highest BCUT2D eigenvalue weighted by atomic mass is 35.5. The maximum atomic E-state index is 13.2. The van der Waals surface area contributed by atoms with Crippen molar-refractivity contribution in [3.63, 3.8) is 0 Å². The van der Waals surface area contributed by atoms with Crippen LogP contribution in [0.15, 0.2) is 81.9 Å². The third-order valence-corrected chi connectivity index (χ3v) is 8.26. The molecule has 226 valence electrons. The van der Waals surface area contributed by atoms with E-state index in [1.165, 1.54) is 15.9 Å². The summed E-state index contributed by atoms with van der Waals surface area (Å²) in [5, 5.41) is 4.44. The Bertz CT molecular complexity index is 1940. The normalized spacial score (nSPS) is 11.5. The minimum atomic E-state index is -0.428. The Morgan fingerprint density at radius 1 is 1.02 bits per heavy atom. The maximum absolute atomic E-state index is 13.2. The molecule has 0 aliphatic heterocycles. The van der Waals surface area contributed by atoms with Crippen molar-refractivity contribution in [2.75, 3.05) is 45.0 Å². The van der Waals surface area contributed by atoms with Crippen molar-refractivity contribution in [3.05, 3.63) is 104 Å². The van der Waals surface area contributed by atoms with Gasteiger partial charge in [-0.1, -0.05) is 29.3 Å². The molecule has 0 aliphatic rings. The van der Waals surface area contributed by atoms with Crippen LogP contribution in [-0.4, -0.2) is 61.9 Å². The zero-order valence-corrected chi connectivity index (χ0v) is 27.1. The Kier molecular flexibility index (Phi) is 9.24. The van der Waals surface area contributed by atoms with Crippen molar-refractivity contribution in [2.45, 2.75) is 6.61 Å².